The Hall–Kier alpha value is -1.19. The molecule has 1 amide bonds. The maximum Gasteiger partial charge on any atom is 0.253 e. The number of sulfonamides is 1. The summed E-state index contributed by atoms with van der Waals surface area (Å²) in [5, 5.41) is 3.19. The summed E-state index contributed by atoms with van der Waals surface area (Å²) in [5.74, 6) is 0.579. The molecule has 0 bridgehead atoms. The highest BCUT2D eigenvalue weighted by Gasteiger charge is 2.24. The number of benzene rings is 1. The highest BCUT2D eigenvalue weighted by atomic mass is 35.5. The molecule has 2 heterocycles. The first-order valence-corrected chi connectivity index (χ1v) is 11.1. The Balaban J connectivity index is 0.00000280. The van der Waals surface area contributed by atoms with E-state index < -0.39 is 10.0 Å². The quantitative estimate of drug-likeness (QED) is 0.685. The number of halogens is 1. The van der Waals surface area contributed by atoms with E-state index in [-0.39, 0.29) is 35.9 Å². The molecule has 1 unspecified atom stereocenters. The minimum absolute atomic E-state index is 0. The van der Waals surface area contributed by atoms with Crippen LogP contribution in [-0.2, 0) is 14.8 Å². The lowest BCUT2D eigenvalue weighted by Gasteiger charge is -2.32. The Morgan fingerprint density at radius 1 is 1.14 bits per heavy atom. The third-order valence-electron chi connectivity index (χ3n) is 5.33. The number of nitrogens with zero attached hydrogens (tertiary/aromatic N) is 1. The minimum Gasteiger partial charge on any atom is -0.377 e. The van der Waals surface area contributed by atoms with Crippen LogP contribution in [0, 0.1) is 5.92 Å². The van der Waals surface area contributed by atoms with Crippen LogP contribution in [0.3, 0.4) is 0 Å². The third-order valence-corrected chi connectivity index (χ3v) is 6.77. The molecular weight excluding hydrogens is 402 g/mol. The normalized spacial score (nSPS) is 20.8. The molecule has 7 nitrogen and oxygen atoms in total. The van der Waals surface area contributed by atoms with E-state index in [2.05, 4.69) is 10.0 Å². The van der Waals surface area contributed by atoms with Gasteiger partial charge >= 0.3 is 0 Å². The molecule has 2 fully saturated rings. The van der Waals surface area contributed by atoms with Gasteiger partial charge in [-0.1, -0.05) is 0 Å². The molecule has 0 radical (unpaired) electrons. The van der Waals surface area contributed by atoms with Crippen molar-refractivity contribution < 1.29 is 17.9 Å². The van der Waals surface area contributed by atoms with Crippen LogP contribution >= 0.6 is 12.4 Å². The third kappa shape index (κ3) is 5.90. The van der Waals surface area contributed by atoms with Crippen LogP contribution in [0.5, 0.6) is 0 Å². The van der Waals surface area contributed by atoms with E-state index in [1.807, 2.05) is 11.9 Å². The largest absolute Gasteiger partial charge is 0.377 e. The van der Waals surface area contributed by atoms with Crippen molar-refractivity contribution in [3.05, 3.63) is 29.8 Å². The topological polar surface area (TPSA) is 87.7 Å². The molecule has 0 aromatic heterocycles. The van der Waals surface area contributed by atoms with E-state index in [9.17, 15) is 13.2 Å². The Bertz CT molecular complexity index is 728. The van der Waals surface area contributed by atoms with E-state index in [0.717, 1.165) is 45.3 Å². The summed E-state index contributed by atoms with van der Waals surface area (Å²) in [6, 6.07) is 6.20. The fraction of sp³-hybridized carbons (Fsp3) is 0.632. The molecule has 158 valence electrons. The molecule has 2 saturated heterocycles. The van der Waals surface area contributed by atoms with Crippen LogP contribution in [0.15, 0.2) is 29.2 Å². The number of nitrogens with one attached hydrogen (secondary N) is 2. The average molecular weight is 432 g/mol. The Kier molecular flexibility index (Phi) is 8.70. The summed E-state index contributed by atoms with van der Waals surface area (Å²) in [5.41, 5.74) is 0.528. The summed E-state index contributed by atoms with van der Waals surface area (Å²) < 4.78 is 32.8. The summed E-state index contributed by atoms with van der Waals surface area (Å²) in [7, 11) is -1.64. The molecule has 0 aliphatic carbocycles. The van der Waals surface area contributed by atoms with Crippen LogP contribution < -0.4 is 10.0 Å². The van der Waals surface area contributed by atoms with E-state index in [0.29, 0.717) is 18.1 Å². The van der Waals surface area contributed by atoms with Crippen molar-refractivity contribution in [3.63, 3.8) is 0 Å². The maximum atomic E-state index is 12.7. The smallest absolute Gasteiger partial charge is 0.253 e. The van der Waals surface area contributed by atoms with Crippen LogP contribution in [0.1, 0.15) is 36.0 Å². The number of carbonyl (C=O) groups excluding carboxylic acids is 1. The second-order valence-electron chi connectivity index (χ2n) is 7.30. The standard InChI is InChI=1S/C19H29N3O4S.ClH/c1-20-13-15-8-10-22(11-9-15)19(23)16-4-6-18(7-5-16)27(24,25)21-14-17-3-2-12-26-17;/h4-7,15,17,20-21H,2-3,8-14H2,1H3;1H. The van der Waals surface area contributed by atoms with Gasteiger partial charge in [-0.15, -0.1) is 12.4 Å². The van der Waals surface area contributed by atoms with Gasteiger partial charge in [-0.2, -0.15) is 0 Å². The van der Waals surface area contributed by atoms with E-state index >= 15 is 0 Å². The Morgan fingerprint density at radius 3 is 2.39 bits per heavy atom. The number of rotatable bonds is 7. The zero-order valence-corrected chi connectivity index (χ0v) is 17.9. The summed E-state index contributed by atoms with van der Waals surface area (Å²) in [6.45, 7) is 3.44. The zero-order valence-electron chi connectivity index (χ0n) is 16.2. The first-order valence-electron chi connectivity index (χ1n) is 9.65. The second-order valence-corrected chi connectivity index (χ2v) is 9.07. The van der Waals surface area contributed by atoms with E-state index in [1.165, 1.54) is 12.1 Å². The first-order chi connectivity index (χ1) is 13.0. The van der Waals surface area contributed by atoms with Gasteiger partial charge in [0.2, 0.25) is 10.0 Å². The molecule has 3 rings (SSSR count). The highest BCUT2D eigenvalue weighted by Crippen LogP contribution is 2.19. The predicted octanol–water partition coefficient (Wildman–Crippen LogP) is 1.64. The monoisotopic (exact) mass is 431 g/mol. The van der Waals surface area contributed by atoms with Crippen molar-refractivity contribution in [1.82, 2.24) is 14.9 Å². The SMILES string of the molecule is CNCC1CCN(C(=O)c2ccc(S(=O)(=O)NCC3CCCO3)cc2)CC1.Cl. The number of hydrogen-bond donors (Lipinski definition) is 2. The summed E-state index contributed by atoms with van der Waals surface area (Å²) in [4.78, 5) is 14.7. The number of hydrogen-bond acceptors (Lipinski definition) is 5. The molecule has 2 aliphatic rings. The Morgan fingerprint density at radius 2 is 1.82 bits per heavy atom. The van der Waals surface area contributed by atoms with Gasteiger partial charge in [-0.3, -0.25) is 4.79 Å². The van der Waals surface area contributed by atoms with Crippen LogP contribution in [0.4, 0.5) is 0 Å². The molecule has 0 saturated carbocycles. The lowest BCUT2D eigenvalue weighted by molar-refractivity contribution is 0.0691. The molecule has 0 spiro atoms. The average Bonchev–Trinajstić information content (AvgIpc) is 3.21. The number of piperidine rings is 1. The Labute approximate surface area is 173 Å². The highest BCUT2D eigenvalue weighted by molar-refractivity contribution is 7.89. The van der Waals surface area contributed by atoms with Crippen molar-refractivity contribution in [1.29, 1.82) is 0 Å². The van der Waals surface area contributed by atoms with Crippen molar-refractivity contribution in [2.45, 2.75) is 36.7 Å². The first kappa shape index (κ1) is 23.1. The molecule has 1 aromatic carbocycles. The number of carbonyl (C=O) groups is 1. The summed E-state index contributed by atoms with van der Waals surface area (Å²) >= 11 is 0. The van der Waals surface area contributed by atoms with Gasteiger partial charge in [0.25, 0.3) is 5.91 Å². The molecule has 2 aliphatic heterocycles. The minimum atomic E-state index is -3.59. The van der Waals surface area contributed by atoms with Crippen molar-refractivity contribution in [2.75, 3.05) is 39.8 Å². The fourth-order valence-electron chi connectivity index (χ4n) is 3.68. The van der Waals surface area contributed by atoms with Crippen molar-refractivity contribution in [2.24, 2.45) is 5.92 Å². The summed E-state index contributed by atoms with van der Waals surface area (Å²) in [6.07, 6.45) is 3.78. The molecule has 2 N–H and O–H groups in total. The number of ether oxygens (including phenoxy) is 1. The van der Waals surface area contributed by atoms with Gasteiger partial charge in [0.1, 0.15) is 0 Å². The van der Waals surface area contributed by atoms with E-state index in [4.69, 9.17) is 4.74 Å². The molecular formula is C19H30ClN3O4S. The van der Waals surface area contributed by atoms with Crippen LogP contribution in [0.2, 0.25) is 0 Å². The molecule has 28 heavy (non-hydrogen) atoms. The van der Waals surface area contributed by atoms with Crippen LogP contribution in [0.25, 0.3) is 0 Å². The molecule has 1 atom stereocenters. The van der Waals surface area contributed by atoms with E-state index in [1.54, 1.807) is 12.1 Å². The van der Waals surface area contributed by atoms with Crippen molar-refractivity contribution >= 4 is 28.3 Å². The van der Waals surface area contributed by atoms with Crippen LogP contribution in [-0.4, -0.2) is 65.2 Å². The van der Waals surface area contributed by atoms with Gasteiger partial charge in [-0.05, 0) is 69.5 Å². The lowest BCUT2D eigenvalue weighted by Crippen LogP contribution is -2.40. The van der Waals surface area contributed by atoms with Gasteiger partial charge in [0, 0.05) is 31.8 Å². The molecule has 1 aromatic rings. The number of likely N-dealkylation sites (tertiary alicyclic amines) is 1. The van der Waals surface area contributed by atoms with Gasteiger partial charge in [-0.25, -0.2) is 13.1 Å². The number of amides is 1. The van der Waals surface area contributed by atoms with Gasteiger partial charge < -0.3 is 15.0 Å². The predicted molar refractivity (Wildman–Crippen MR) is 110 cm³/mol. The zero-order chi connectivity index (χ0) is 19.3. The van der Waals surface area contributed by atoms with Gasteiger partial charge in [0.05, 0.1) is 11.0 Å². The van der Waals surface area contributed by atoms with Gasteiger partial charge in [0.15, 0.2) is 0 Å². The van der Waals surface area contributed by atoms with Crippen molar-refractivity contribution in [3.8, 4) is 0 Å². The lowest BCUT2D eigenvalue weighted by atomic mass is 9.96. The molecule has 9 heteroatoms. The maximum absolute atomic E-state index is 12.7. The fourth-order valence-corrected chi connectivity index (χ4v) is 4.75. The second kappa shape index (κ2) is 10.5.